The molecule has 4 heteroatoms. The Hall–Kier alpha value is -1.94. The molecular formula is C24H29NO2S. The third-order valence-electron chi connectivity index (χ3n) is 5.94. The maximum Gasteiger partial charge on any atom is 0.230 e. The van der Waals surface area contributed by atoms with Gasteiger partial charge < -0.3 is 10.1 Å². The molecule has 2 aromatic carbocycles. The third-order valence-corrected chi connectivity index (χ3v) is 7.19. The van der Waals surface area contributed by atoms with Crippen molar-refractivity contribution in [2.75, 3.05) is 5.75 Å². The van der Waals surface area contributed by atoms with Crippen LogP contribution in [0.1, 0.15) is 59.6 Å². The van der Waals surface area contributed by atoms with Crippen LogP contribution < -0.4 is 10.1 Å². The Morgan fingerprint density at radius 3 is 2.57 bits per heavy atom. The first kappa shape index (κ1) is 19.4. The number of amides is 1. The Morgan fingerprint density at radius 1 is 1.11 bits per heavy atom. The Kier molecular flexibility index (Phi) is 5.68. The summed E-state index contributed by atoms with van der Waals surface area (Å²) < 4.78 is 6.47. The molecule has 28 heavy (non-hydrogen) atoms. The highest BCUT2D eigenvalue weighted by Crippen LogP contribution is 2.51. The summed E-state index contributed by atoms with van der Waals surface area (Å²) in [6.45, 7) is 4.78. The van der Waals surface area contributed by atoms with E-state index in [1.807, 2.05) is 0 Å². The molecule has 4 rings (SSSR count). The van der Waals surface area contributed by atoms with Crippen molar-refractivity contribution in [3.05, 3.63) is 64.7 Å². The average molecular weight is 396 g/mol. The Morgan fingerprint density at radius 2 is 1.82 bits per heavy atom. The number of carbonyl (C=O) groups is 1. The lowest BCUT2D eigenvalue weighted by Gasteiger charge is -2.40. The van der Waals surface area contributed by atoms with Gasteiger partial charge in [0.2, 0.25) is 5.91 Å². The van der Waals surface area contributed by atoms with E-state index in [2.05, 4.69) is 61.6 Å². The van der Waals surface area contributed by atoms with Crippen LogP contribution in [0.3, 0.4) is 0 Å². The predicted octanol–water partition coefficient (Wildman–Crippen LogP) is 5.49. The van der Waals surface area contributed by atoms with Crippen LogP contribution >= 0.6 is 11.8 Å². The van der Waals surface area contributed by atoms with Gasteiger partial charge in [-0.3, -0.25) is 4.79 Å². The predicted molar refractivity (Wildman–Crippen MR) is 116 cm³/mol. The van der Waals surface area contributed by atoms with Crippen LogP contribution in [0.15, 0.2) is 42.5 Å². The van der Waals surface area contributed by atoms with E-state index in [0.29, 0.717) is 17.5 Å². The number of benzene rings is 2. The van der Waals surface area contributed by atoms with Crippen LogP contribution in [-0.4, -0.2) is 17.3 Å². The number of carbonyl (C=O) groups excluding carboxylic acids is 1. The zero-order chi connectivity index (χ0) is 19.6. The minimum atomic E-state index is -0.0156. The van der Waals surface area contributed by atoms with Crippen molar-refractivity contribution in [1.29, 1.82) is 0 Å². The van der Waals surface area contributed by atoms with Crippen LogP contribution in [0, 0.1) is 13.8 Å². The number of hydrogen-bond donors (Lipinski definition) is 1. The molecule has 1 fully saturated rings. The topological polar surface area (TPSA) is 38.3 Å². The molecule has 1 aliphatic carbocycles. The fourth-order valence-corrected chi connectivity index (χ4v) is 5.58. The molecule has 1 N–H and O–H groups in total. The van der Waals surface area contributed by atoms with E-state index in [0.717, 1.165) is 30.6 Å². The number of rotatable bonds is 5. The second-order valence-corrected chi connectivity index (χ2v) is 9.49. The van der Waals surface area contributed by atoms with E-state index < -0.39 is 0 Å². The van der Waals surface area contributed by atoms with Gasteiger partial charge in [0.1, 0.15) is 11.4 Å². The lowest BCUT2D eigenvalue weighted by Crippen LogP contribution is -2.38. The fourth-order valence-electron chi connectivity index (χ4n) is 4.34. The van der Waals surface area contributed by atoms with Crippen LogP contribution in [0.2, 0.25) is 0 Å². The molecule has 1 aliphatic heterocycles. The van der Waals surface area contributed by atoms with E-state index in [1.165, 1.54) is 29.5 Å². The van der Waals surface area contributed by atoms with Crippen molar-refractivity contribution in [2.45, 2.75) is 63.3 Å². The normalized spacial score (nSPS) is 19.9. The smallest absolute Gasteiger partial charge is 0.230 e. The number of thioether (sulfide) groups is 1. The maximum absolute atomic E-state index is 12.5. The van der Waals surface area contributed by atoms with E-state index in [1.54, 1.807) is 11.8 Å². The molecule has 1 spiro atoms. The minimum absolute atomic E-state index is 0.0156. The molecule has 0 aromatic heterocycles. The summed E-state index contributed by atoms with van der Waals surface area (Å²) in [5, 5.41) is 3.39. The first-order chi connectivity index (χ1) is 13.5. The summed E-state index contributed by atoms with van der Waals surface area (Å²) in [7, 11) is 0. The standard InChI is InChI=1S/C24H29NO2S/c1-17-5-8-19(9-6-17)15-25-23(26)16-28-22-14-24(11-3-4-12-24)27-21-10-7-18(2)13-20(21)22/h5-10,13,22H,3-4,11-12,14-16H2,1-2H3,(H,25,26)/t22-/m0/s1. The van der Waals surface area contributed by atoms with Crippen molar-refractivity contribution >= 4 is 17.7 Å². The molecule has 1 amide bonds. The molecule has 2 aliphatic rings. The summed E-state index contributed by atoms with van der Waals surface area (Å²) >= 11 is 1.76. The molecule has 1 saturated carbocycles. The highest BCUT2D eigenvalue weighted by atomic mass is 32.2. The SMILES string of the molecule is Cc1ccc(CNC(=O)CS[C@H]2CC3(CCCC3)Oc3ccc(C)cc32)cc1. The average Bonchev–Trinajstić information content (AvgIpc) is 3.13. The Balaban J connectivity index is 1.39. The van der Waals surface area contributed by atoms with E-state index in [4.69, 9.17) is 4.74 Å². The lowest BCUT2D eigenvalue weighted by molar-refractivity contribution is -0.118. The quantitative estimate of drug-likeness (QED) is 0.727. The van der Waals surface area contributed by atoms with Crippen LogP contribution in [0.25, 0.3) is 0 Å². The molecule has 0 unspecified atom stereocenters. The van der Waals surface area contributed by atoms with Gasteiger partial charge in [0.15, 0.2) is 0 Å². The fraction of sp³-hybridized carbons (Fsp3) is 0.458. The molecule has 1 atom stereocenters. The summed E-state index contributed by atoms with van der Waals surface area (Å²) in [6.07, 6.45) is 5.78. The Bertz CT molecular complexity index is 840. The Labute approximate surface area is 172 Å². The first-order valence-corrected chi connectivity index (χ1v) is 11.3. The van der Waals surface area contributed by atoms with E-state index in [-0.39, 0.29) is 11.5 Å². The number of ether oxygens (including phenoxy) is 1. The second-order valence-electron chi connectivity index (χ2n) is 8.30. The number of nitrogens with one attached hydrogen (secondary N) is 1. The molecule has 0 bridgehead atoms. The minimum Gasteiger partial charge on any atom is -0.487 e. The first-order valence-electron chi connectivity index (χ1n) is 10.3. The van der Waals surface area contributed by atoms with Crippen molar-refractivity contribution < 1.29 is 9.53 Å². The van der Waals surface area contributed by atoms with Crippen molar-refractivity contribution in [1.82, 2.24) is 5.32 Å². The summed E-state index contributed by atoms with van der Waals surface area (Å²) in [4.78, 5) is 12.5. The third kappa shape index (κ3) is 4.38. The number of aryl methyl sites for hydroxylation is 2. The summed E-state index contributed by atoms with van der Waals surface area (Å²) in [6, 6.07) is 14.8. The molecule has 1 heterocycles. The molecule has 0 saturated heterocycles. The summed E-state index contributed by atoms with van der Waals surface area (Å²) in [5.41, 5.74) is 4.87. The van der Waals surface area contributed by atoms with Gasteiger partial charge in [0, 0.05) is 23.8 Å². The molecule has 2 aromatic rings. The van der Waals surface area contributed by atoms with Gasteiger partial charge in [-0.25, -0.2) is 0 Å². The molecule has 3 nitrogen and oxygen atoms in total. The van der Waals surface area contributed by atoms with Gasteiger partial charge in [0.25, 0.3) is 0 Å². The van der Waals surface area contributed by atoms with Gasteiger partial charge >= 0.3 is 0 Å². The second kappa shape index (κ2) is 8.20. The van der Waals surface area contributed by atoms with Gasteiger partial charge in [-0.2, -0.15) is 0 Å². The molecule has 0 radical (unpaired) electrons. The van der Waals surface area contributed by atoms with Crippen LogP contribution in [0.4, 0.5) is 0 Å². The van der Waals surface area contributed by atoms with E-state index in [9.17, 15) is 4.79 Å². The van der Waals surface area contributed by atoms with Gasteiger partial charge in [-0.15, -0.1) is 11.8 Å². The summed E-state index contributed by atoms with van der Waals surface area (Å²) in [5.74, 6) is 1.61. The molecular weight excluding hydrogens is 366 g/mol. The van der Waals surface area contributed by atoms with E-state index >= 15 is 0 Å². The lowest BCUT2D eigenvalue weighted by atomic mass is 9.88. The monoisotopic (exact) mass is 395 g/mol. The van der Waals surface area contributed by atoms with Crippen molar-refractivity contribution in [2.24, 2.45) is 0 Å². The number of fused-ring (bicyclic) bond motifs is 1. The van der Waals surface area contributed by atoms with Crippen molar-refractivity contribution in [3.63, 3.8) is 0 Å². The van der Waals surface area contributed by atoms with Crippen LogP contribution in [0.5, 0.6) is 5.75 Å². The van der Waals surface area contributed by atoms with Gasteiger partial charge in [-0.1, -0.05) is 47.5 Å². The molecule has 148 valence electrons. The zero-order valence-electron chi connectivity index (χ0n) is 16.8. The highest BCUT2D eigenvalue weighted by Gasteiger charge is 2.43. The van der Waals surface area contributed by atoms with Gasteiger partial charge in [0.05, 0.1) is 5.75 Å². The zero-order valence-corrected chi connectivity index (χ0v) is 17.6. The number of hydrogen-bond acceptors (Lipinski definition) is 3. The largest absolute Gasteiger partial charge is 0.487 e. The highest BCUT2D eigenvalue weighted by molar-refractivity contribution is 8.00. The van der Waals surface area contributed by atoms with Crippen molar-refractivity contribution in [3.8, 4) is 5.75 Å². The van der Waals surface area contributed by atoms with Crippen LogP contribution in [-0.2, 0) is 11.3 Å². The maximum atomic E-state index is 12.5. The van der Waals surface area contributed by atoms with Gasteiger partial charge in [-0.05, 0) is 51.2 Å².